The maximum atomic E-state index is 13.1. The van der Waals surface area contributed by atoms with Crippen molar-refractivity contribution in [2.24, 2.45) is 5.92 Å². The molecular formula is C19H20Cl6O2. The van der Waals surface area contributed by atoms with Crippen LogP contribution in [-0.4, -0.2) is 21.3 Å². The number of rotatable bonds is 7. The number of ether oxygens (including phenoxy) is 1. The molecule has 0 aromatic heterocycles. The number of hydrogen-bond donors (Lipinski definition) is 0. The van der Waals surface area contributed by atoms with Crippen LogP contribution in [-0.2, 0) is 9.07 Å². The van der Waals surface area contributed by atoms with Crippen LogP contribution in [0.4, 0.5) is 0 Å². The standard InChI is InChI=1S/C19H20Cl6O2/c1-3-5-7-10(4-2)17(16(21)19(17,24)25)27-15(26)12-9-6-8-11-13(12)18(22,23)14(11)20/h6,8-10,14,16H,3-5,7H2,1-2H3. The number of fused-ring (bicyclic) bond motifs is 1. The number of unbranched alkanes of at least 4 members (excludes halogenated alkanes) is 1. The Bertz CT molecular complexity index is 750. The quantitative estimate of drug-likeness (QED) is 0.290. The molecule has 0 N–H and O–H groups in total. The van der Waals surface area contributed by atoms with Crippen LogP contribution >= 0.6 is 69.6 Å². The average molecular weight is 493 g/mol. The van der Waals surface area contributed by atoms with Gasteiger partial charge in [-0.15, -0.1) is 23.2 Å². The van der Waals surface area contributed by atoms with Crippen molar-refractivity contribution < 1.29 is 9.53 Å². The van der Waals surface area contributed by atoms with Gasteiger partial charge in [0.05, 0.1) is 10.9 Å². The van der Waals surface area contributed by atoms with E-state index in [1.54, 1.807) is 18.2 Å². The van der Waals surface area contributed by atoms with Gasteiger partial charge in [-0.3, -0.25) is 0 Å². The summed E-state index contributed by atoms with van der Waals surface area (Å²) in [6.45, 7) is 4.11. The molecule has 4 atom stereocenters. The zero-order valence-electron chi connectivity index (χ0n) is 14.9. The highest BCUT2D eigenvalue weighted by molar-refractivity contribution is 6.58. The van der Waals surface area contributed by atoms with Gasteiger partial charge in [0, 0.05) is 11.5 Å². The van der Waals surface area contributed by atoms with E-state index in [0.717, 1.165) is 25.7 Å². The van der Waals surface area contributed by atoms with Crippen molar-refractivity contribution in [3.8, 4) is 0 Å². The number of carbonyl (C=O) groups excluding carboxylic acids is 1. The third kappa shape index (κ3) is 3.18. The van der Waals surface area contributed by atoms with E-state index in [2.05, 4.69) is 6.92 Å². The molecule has 0 bridgehead atoms. The number of benzene rings is 1. The molecule has 4 unspecified atom stereocenters. The zero-order valence-corrected chi connectivity index (χ0v) is 19.4. The van der Waals surface area contributed by atoms with E-state index in [1.807, 2.05) is 6.92 Å². The van der Waals surface area contributed by atoms with Crippen LogP contribution in [0.15, 0.2) is 18.2 Å². The lowest BCUT2D eigenvalue weighted by molar-refractivity contribution is -0.00112. The minimum atomic E-state index is -1.35. The van der Waals surface area contributed by atoms with Crippen LogP contribution in [0.1, 0.15) is 66.4 Å². The normalized spacial score (nSPS) is 30.8. The van der Waals surface area contributed by atoms with Crippen molar-refractivity contribution >= 4 is 75.6 Å². The highest BCUT2D eigenvalue weighted by Crippen LogP contribution is 2.68. The van der Waals surface area contributed by atoms with Gasteiger partial charge >= 0.3 is 5.97 Å². The van der Waals surface area contributed by atoms with Gasteiger partial charge in [-0.05, 0) is 24.5 Å². The summed E-state index contributed by atoms with van der Waals surface area (Å²) in [7, 11) is 0. The van der Waals surface area contributed by atoms with Crippen LogP contribution in [0, 0.1) is 5.92 Å². The molecular weight excluding hydrogens is 473 g/mol. The number of esters is 1. The van der Waals surface area contributed by atoms with Crippen LogP contribution in [0.2, 0.25) is 0 Å². The molecule has 1 aromatic carbocycles. The predicted molar refractivity (Wildman–Crippen MR) is 114 cm³/mol. The summed E-state index contributed by atoms with van der Waals surface area (Å²) in [6.07, 6.45) is 3.53. The largest absolute Gasteiger partial charge is 0.450 e. The van der Waals surface area contributed by atoms with E-state index in [-0.39, 0.29) is 11.5 Å². The molecule has 0 heterocycles. The molecule has 2 aliphatic rings. The summed E-state index contributed by atoms with van der Waals surface area (Å²) in [4.78, 5) is 13.1. The van der Waals surface area contributed by atoms with Gasteiger partial charge < -0.3 is 4.74 Å². The fourth-order valence-electron chi connectivity index (χ4n) is 3.99. The first-order valence-corrected chi connectivity index (χ1v) is 11.4. The molecule has 0 saturated heterocycles. The van der Waals surface area contributed by atoms with E-state index in [9.17, 15) is 4.79 Å². The molecule has 2 aliphatic carbocycles. The highest BCUT2D eigenvalue weighted by atomic mass is 35.5. The van der Waals surface area contributed by atoms with Crippen molar-refractivity contribution in [1.82, 2.24) is 0 Å². The van der Waals surface area contributed by atoms with Gasteiger partial charge in [-0.1, -0.05) is 85.2 Å². The minimum absolute atomic E-state index is 0.0500. The van der Waals surface area contributed by atoms with Crippen molar-refractivity contribution in [3.05, 3.63) is 34.9 Å². The highest BCUT2D eigenvalue weighted by Gasteiger charge is 2.81. The molecule has 150 valence electrons. The van der Waals surface area contributed by atoms with Gasteiger partial charge in [-0.2, -0.15) is 0 Å². The third-order valence-electron chi connectivity index (χ3n) is 5.64. The average Bonchev–Trinajstić information content (AvgIpc) is 3.06. The van der Waals surface area contributed by atoms with Crippen molar-refractivity contribution in [3.63, 3.8) is 0 Å². The first-order valence-electron chi connectivity index (χ1n) is 8.97. The van der Waals surface area contributed by atoms with Crippen LogP contribution < -0.4 is 0 Å². The van der Waals surface area contributed by atoms with Crippen molar-refractivity contribution in [1.29, 1.82) is 0 Å². The first-order chi connectivity index (χ1) is 12.6. The number of carbonyl (C=O) groups is 1. The fourth-order valence-corrected chi connectivity index (χ4v) is 6.37. The Morgan fingerprint density at radius 3 is 2.33 bits per heavy atom. The Morgan fingerprint density at radius 2 is 1.81 bits per heavy atom. The van der Waals surface area contributed by atoms with Gasteiger partial charge in [0.15, 0.2) is 14.3 Å². The second-order valence-electron chi connectivity index (χ2n) is 7.17. The Kier molecular flexibility index (Phi) is 6.23. The van der Waals surface area contributed by atoms with Crippen LogP contribution in [0.3, 0.4) is 0 Å². The summed E-state index contributed by atoms with van der Waals surface area (Å²) in [5, 5.41) is -1.28. The molecule has 27 heavy (non-hydrogen) atoms. The number of halogens is 6. The van der Waals surface area contributed by atoms with Crippen molar-refractivity contribution in [2.45, 2.75) is 64.6 Å². The molecule has 2 nitrogen and oxygen atoms in total. The molecule has 3 rings (SSSR count). The Balaban J connectivity index is 1.93. The molecule has 0 spiro atoms. The van der Waals surface area contributed by atoms with E-state index >= 15 is 0 Å². The molecule has 0 amide bonds. The monoisotopic (exact) mass is 490 g/mol. The first kappa shape index (κ1) is 22.1. The van der Waals surface area contributed by atoms with Gasteiger partial charge in [0.25, 0.3) is 0 Å². The summed E-state index contributed by atoms with van der Waals surface area (Å²) in [5.41, 5.74) is 0.298. The lowest BCUT2D eigenvalue weighted by Gasteiger charge is -2.40. The van der Waals surface area contributed by atoms with Crippen LogP contribution in [0.5, 0.6) is 0 Å². The maximum absolute atomic E-state index is 13.1. The number of hydrogen-bond acceptors (Lipinski definition) is 2. The lowest BCUT2D eigenvalue weighted by atomic mass is 9.83. The topological polar surface area (TPSA) is 26.3 Å². The van der Waals surface area contributed by atoms with E-state index in [4.69, 9.17) is 74.3 Å². The molecule has 1 aromatic rings. The van der Waals surface area contributed by atoms with Crippen molar-refractivity contribution in [2.75, 3.05) is 0 Å². The minimum Gasteiger partial charge on any atom is -0.450 e. The molecule has 1 fully saturated rings. The summed E-state index contributed by atoms with van der Waals surface area (Å²) in [5.74, 6) is -0.643. The summed E-state index contributed by atoms with van der Waals surface area (Å²) < 4.78 is 3.22. The van der Waals surface area contributed by atoms with E-state index < -0.39 is 31.0 Å². The molecule has 0 radical (unpaired) electrons. The molecule has 8 heteroatoms. The predicted octanol–water partition coefficient (Wildman–Crippen LogP) is 7.52. The van der Waals surface area contributed by atoms with E-state index in [0.29, 0.717) is 11.1 Å². The van der Waals surface area contributed by atoms with Gasteiger partial charge in [0.2, 0.25) is 0 Å². The molecule has 0 aliphatic heterocycles. The Labute approximate surface area is 189 Å². The third-order valence-corrected chi connectivity index (χ3v) is 9.14. The number of alkyl halides is 6. The zero-order chi connectivity index (χ0) is 20.2. The Hall–Kier alpha value is 0.430. The maximum Gasteiger partial charge on any atom is 0.339 e. The fraction of sp³-hybridized carbons (Fsp3) is 0.632. The second-order valence-corrected chi connectivity index (χ2v) is 10.8. The smallest absolute Gasteiger partial charge is 0.339 e. The van der Waals surface area contributed by atoms with E-state index in [1.165, 1.54) is 0 Å². The van der Waals surface area contributed by atoms with Gasteiger partial charge in [-0.25, -0.2) is 4.79 Å². The molecule has 1 saturated carbocycles. The summed E-state index contributed by atoms with van der Waals surface area (Å²) >= 11 is 38.2. The summed E-state index contributed by atoms with van der Waals surface area (Å²) in [6, 6.07) is 5.11. The van der Waals surface area contributed by atoms with Gasteiger partial charge in [0.1, 0.15) is 5.38 Å². The Morgan fingerprint density at radius 1 is 1.19 bits per heavy atom. The SMILES string of the molecule is CCCCC(CC)C1(OC(=O)c2cccc3c2C(Cl)(Cl)C3Cl)C(Cl)C1(Cl)Cl. The lowest BCUT2D eigenvalue weighted by Crippen LogP contribution is -2.38. The van der Waals surface area contributed by atoms with Crippen LogP contribution in [0.25, 0.3) is 0 Å². The second kappa shape index (κ2) is 7.60.